The van der Waals surface area contributed by atoms with E-state index < -0.39 is 17.6 Å². The van der Waals surface area contributed by atoms with Crippen molar-refractivity contribution in [1.82, 2.24) is 9.97 Å². The van der Waals surface area contributed by atoms with E-state index in [1.54, 1.807) is 18.3 Å². The second kappa shape index (κ2) is 5.22. The van der Waals surface area contributed by atoms with Crippen LogP contribution in [0, 0.1) is 18.6 Å². The fraction of sp³-hybridized carbons (Fsp3) is 0.125. The number of pyridine rings is 1. The van der Waals surface area contributed by atoms with E-state index in [0.717, 1.165) is 17.7 Å². The molecule has 0 spiro atoms. The van der Waals surface area contributed by atoms with Gasteiger partial charge in [-0.1, -0.05) is 0 Å². The number of aromatic amines is 1. The highest BCUT2D eigenvalue weighted by Gasteiger charge is 2.23. The van der Waals surface area contributed by atoms with E-state index in [9.17, 15) is 13.6 Å². The number of aryl methyl sites for hydroxylation is 1. The van der Waals surface area contributed by atoms with Crippen LogP contribution in [-0.2, 0) is 4.74 Å². The van der Waals surface area contributed by atoms with Gasteiger partial charge in [0.2, 0.25) is 0 Å². The van der Waals surface area contributed by atoms with Crippen LogP contribution in [-0.4, -0.2) is 23.0 Å². The van der Waals surface area contributed by atoms with Crippen molar-refractivity contribution in [2.24, 2.45) is 0 Å². The van der Waals surface area contributed by atoms with Gasteiger partial charge in [-0.05, 0) is 30.7 Å². The molecule has 2 aromatic heterocycles. The van der Waals surface area contributed by atoms with Crippen molar-refractivity contribution in [3.63, 3.8) is 0 Å². The number of carbonyl (C=O) groups is 1. The Kier molecular flexibility index (Phi) is 3.36. The quantitative estimate of drug-likeness (QED) is 0.736. The largest absolute Gasteiger partial charge is 0.465 e. The Balaban J connectivity index is 2.39. The van der Waals surface area contributed by atoms with Gasteiger partial charge in [-0.2, -0.15) is 0 Å². The lowest BCUT2D eigenvalue weighted by molar-refractivity contribution is 0.0604. The van der Waals surface area contributed by atoms with Crippen molar-refractivity contribution < 1.29 is 18.3 Å². The topological polar surface area (TPSA) is 55.0 Å². The molecule has 3 aromatic rings. The zero-order valence-corrected chi connectivity index (χ0v) is 11.9. The van der Waals surface area contributed by atoms with Crippen LogP contribution in [0.5, 0.6) is 0 Å². The molecule has 0 unspecified atom stereocenters. The van der Waals surface area contributed by atoms with Crippen LogP contribution in [0.25, 0.3) is 22.3 Å². The number of esters is 1. The molecule has 0 saturated heterocycles. The van der Waals surface area contributed by atoms with E-state index in [4.69, 9.17) is 4.74 Å². The van der Waals surface area contributed by atoms with Crippen LogP contribution in [0.1, 0.15) is 15.9 Å². The molecule has 0 aliphatic rings. The van der Waals surface area contributed by atoms with Crippen LogP contribution in [0.15, 0.2) is 30.5 Å². The Bertz CT molecular complexity index is 887. The number of nitrogens with zero attached hydrogens (tertiary/aromatic N) is 1. The first-order chi connectivity index (χ1) is 10.5. The van der Waals surface area contributed by atoms with Gasteiger partial charge < -0.3 is 9.72 Å². The molecule has 1 N–H and O–H groups in total. The summed E-state index contributed by atoms with van der Waals surface area (Å²) >= 11 is 0. The number of H-pyrrole nitrogens is 1. The number of hydrogen-bond acceptors (Lipinski definition) is 3. The van der Waals surface area contributed by atoms with Crippen molar-refractivity contribution in [1.29, 1.82) is 0 Å². The third-order valence-electron chi connectivity index (χ3n) is 3.39. The molecule has 112 valence electrons. The van der Waals surface area contributed by atoms with Crippen LogP contribution < -0.4 is 0 Å². The minimum Gasteiger partial charge on any atom is -0.465 e. The van der Waals surface area contributed by atoms with Gasteiger partial charge in [-0.15, -0.1) is 0 Å². The first-order valence-corrected chi connectivity index (χ1v) is 6.53. The summed E-state index contributed by atoms with van der Waals surface area (Å²) in [4.78, 5) is 19.1. The Labute approximate surface area is 124 Å². The molecule has 0 atom stereocenters. The summed E-state index contributed by atoms with van der Waals surface area (Å²) < 4.78 is 32.2. The maximum atomic E-state index is 14.0. The van der Waals surface area contributed by atoms with Crippen molar-refractivity contribution in [3.05, 3.63) is 53.2 Å². The van der Waals surface area contributed by atoms with Crippen molar-refractivity contribution in [3.8, 4) is 11.4 Å². The number of rotatable bonds is 2. The number of methoxy groups -OCH3 is 1. The smallest absolute Gasteiger partial charge is 0.340 e. The minimum absolute atomic E-state index is 0.0418. The lowest BCUT2D eigenvalue weighted by atomic mass is 10.1. The number of nitrogens with one attached hydrogen (secondary N) is 1. The Morgan fingerprint density at radius 3 is 2.73 bits per heavy atom. The van der Waals surface area contributed by atoms with Gasteiger partial charge in [0, 0.05) is 17.6 Å². The molecule has 22 heavy (non-hydrogen) atoms. The number of benzene rings is 1. The van der Waals surface area contributed by atoms with Crippen molar-refractivity contribution in [2.45, 2.75) is 6.92 Å². The zero-order valence-electron chi connectivity index (χ0n) is 11.9. The van der Waals surface area contributed by atoms with Crippen LogP contribution >= 0.6 is 0 Å². The van der Waals surface area contributed by atoms with E-state index in [1.165, 1.54) is 7.11 Å². The Morgan fingerprint density at radius 2 is 2.05 bits per heavy atom. The van der Waals surface area contributed by atoms with Gasteiger partial charge in [-0.25, -0.2) is 13.6 Å². The molecular weight excluding hydrogens is 290 g/mol. The summed E-state index contributed by atoms with van der Waals surface area (Å²) in [7, 11) is 1.21. The van der Waals surface area contributed by atoms with Gasteiger partial charge >= 0.3 is 5.97 Å². The number of halogens is 2. The van der Waals surface area contributed by atoms with Gasteiger partial charge in [0.25, 0.3) is 0 Å². The summed E-state index contributed by atoms with van der Waals surface area (Å²) in [5.74, 6) is -2.23. The second-order valence-electron chi connectivity index (χ2n) is 4.90. The third-order valence-corrected chi connectivity index (χ3v) is 3.39. The predicted octanol–water partition coefficient (Wildman–Crippen LogP) is 3.60. The first kappa shape index (κ1) is 14.2. The molecule has 1 aromatic carbocycles. The summed E-state index contributed by atoms with van der Waals surface area (Å²) in [6, 6.07) is 5.39. The van der Waals surface area contributed by atoms with E-state index in [2.05, 4.69) is 9.97 Å². The monoisotopic (exact) mass is 302 g/mol. The van der Waals surface area contributed by atoms with Crippen LogP contribution in [0.4, 0.5) is 8.78 Å². The maximum absolute atomic E-state index is 14.0. The Morgan fingerprint density at radius 1 is 1.27 bits per heavy atom. The molecule has 0 saturated carbocycles. The molecule has 0 amide bonds. The van der Waals surface area contributed by atoms with Gasteiger partial charge in [0.15, 0.2) is 0 Å². The SMILES string of the molecule is COC(=O)c1c(-c2cc(C)ccn2)[nH]c2c(F)cc(F)cc12. The molecule has 4 nitrogen and oxygen atoms in total. The lowest BCUT2D eigenvalue weighted by Gasteiger charge is -2.03. The number of ether oxygens (including phenoxy) is 1. The molecule has 2 heterocycles. The van der Waals surface area contributed by atoms with E-state index >= 15 is 0 Å². The first-order valence-electron chi connectivity index (χ1n) is 6.53. The van der Waals surface area contributed by atoms with Crippen molar-refractivity contribution >= 4 is 16.9 Å². The minimum atomic E-state index is -0.779. The summed E-state index contributed by atoms with van der Waals surface area (Å²) in [5, 5.41) is 0.127. The van der Waals surface area contributed by atoms with Gasteiger partial charge in [-0.3, -0.25) is 4.98 Å². The fourth-order valence-electron chi connectivity index (χ4n) is 2.40. The molecule has 0 radical (unpaired) electrons. The number of carbonyl (C=O) groups excluding carboxylic acids is 1. The highest BCUT2D eigenvalue weighted by molar-refractivity contribution is 6.10. The normalized spacial score (nSPS) is 10.9. The predicted molar refractivity (Wildman–Crippen MR) is 77.5 cm³/mol. The van der Waals surface area contributed by atoms with E-state index in [1.807, 2.05) is 6.92 Å². The summed E-state index contributed by atoms with van der Waals surface area (Å²) in [5.41, 5.74) is 1.78. The maximum Gasteiger partial charge on any atom is 0.340 e. The zero-order chi connectivity index (χ0) is 15.9. The molecular formula is C16H12F2N2O2. The molecule has 0 aliphatic carbocycles. The average Bonchev–Trinajstić information content (AvgIpc) is 2.86. The molecule has 0 bridgehead atoms. The summed E-state index contributed by atoms with van der Waals surface area (Å²) in [6.45, 7) is 1.87. The highest BCUT2D eigenvalue weighted by atomic mass is 19.1. The third kappa shape index (κ3) is 2.22. The Hall–Kier alpha value is -2.76. The molecule has 3 rings (SSSR count). The van der Waals surface area contributed by atoms with Gasteiger partial charge in [0.1, 0.15) is 11.6 Å². The number of hydrogen-bond donors (Lipinski definition) is 1. The molecule has 6 heteroatoms. The standard InChI is InChI=1S/C16H12F2N2O2/c1-8-3-4-19-12(5-8)15-13(16(21)22-2)10-6-9(17)7-11(18)14(10)20-15/h3-7,20H,1-2H3. The summed E-state index contributed by atoms with van der Waals surface area (Å²) in [6.07, 6.45) is 1.58. The highest BCUT2D eigenvalue weighted by Crippen LogP contribution is 2.32. The number of aromatic nitrogens is 2. The lowest BCUT2D eigenvalue weighted by Crippen LogP contribution is -2.03. The van der Waals surface area contributed by atoms with Crippen LogP contribution in [0.3, 0.4) is 0 Å². The molecule has 0 fully saturated rings. The second-order valence-corrected chi connectivity index (χ2v) is 4.90. The van der Waals surface area contributed by atoms with Crippen LogP contribution in [0.2, 0.25) is 0 Å². The number of fused-ring (bicyclic) bond motifs is 1. The van der Waals surface area contributed by atoms with E-state index in [0.29, 0.717) is 11.4 Å². The molecule has 0 aliphatic heterocycles. The van der Waals surface area contributed by atoms with Crippen molar-refractivity contribution in [2.75, 3.05) is 7.11 Å². The fourth-order valence-corrected chi connectivity index (χ4v) is 2.40. The average molecular weight is 302 g/mol. The van der Waals surface area contributed by atoms with E-state index in [-0.39, 0.29) is 16.5 Å². The van der Waals surface area contributed by atoms with Gasteiger partial charge in [0.05, 0.1) is 29.6 Å².